The number of hydrogen-bond donors (Lipinski definition) is 1. The Hall–Kier alpha value is -3.19. The summed E-state index contributed by atoms with van der Waals surface area (Å²) in [4.78, 5) is 12.8. The Bertz CT molecular complexity index is 1060. The molecule has 3 rings (SSSR count). The summed E-state index contributed by atoms with van der Waals surface area (Å²) < 4.78 is 40.5. The predicted octanol–water partition coefficient (Wildman–Crippen LogP) is 3.90. The average molecular weight is 412 g/mol. The van der Waals surface area contributed by atoms with Crippen LogP contribution in [0.4, 0.5) is 10.1 Å². The van der Waals surface area contributed by atoms with Crippen molar-refractivity contribution >= 4 is 21.6 Å². The Balaban J connectivity index is 1.84. The van der Waals surface area contributed by atoms with E-state index < -0.39 is 22.0 Å². The van der Waals surface area contributed by atoms with E-state index in [1.807, 2.05) is 0 Å². The van der Waals surface area contributed by atoms with E-state index in [2.05, 4.69) is 5.32 Å². The molecular formula is C22H21FN2O3S. The van der Waals surface area contributed by atoms with Crippen LogP contribution in [0.2, 0.25) is 0 Å². The van der Waals surface area contributed by atoms with E-state index in [-0.39, 0.29) is 17.3 Å². The van der Waals surface area contributed by atoms with Gasteiger partial charge in [-0.1, -0.05) is 48.5 Å². The van der Waals surface area contributed by atoms with Crippen molar-refractivity contribution in [3.05, 3.63) is 96.3 Å². The molecule has 7 heteroatoms. The quantitative estimate of drug-likeness (QED) is 0.640. The van der Waals surface area contributed by atoms with Crippen molar-refractivity contribution in [3.8, 4) is 0 Å². The van der Waals surface area contributed by atoms with Crippen molar-refractivity contribution in [1.82, 2.24) is 5.32 Å². The van der Waals surface area contributed by atoms with Crippen molar-refractivity contribution in [1.29, 1.82) is 0 Å². The minimum absolute atomic E-state index is 0.100. The van der Waals surface area contributed by atoms with E-state index in [1.165, 1.54) is 24.3 Å². The Kier molecular flexibility index (Phi) is 6.29. The largest absolute Gasteiger partial charge is 0.348 e. The maximum Gasteiger partial charge on any atom is 0.264 e. The summed E-state index contributed by atoms with van der Waals surface area (Å²) in [6.45, 7) is 1.37. The number of para-hydroxylation sites is 1. The summed E-state index contributed by atoms with van der Waals surface area (Å²) >= 11 is 0. The summed E-state index contributed by atoms with van der Waals surface area (Å²) in [5.41, 5.74) is 1.11. The van der Waals surface area contributed by atoms with Crippen LogP contribution in [0.1, 0.15) is 18.5 Å². The molecule has 29 heavy (non-hydrogen) atoms. The fourth-order valence-corrected chi connectivity index (χ4v) is 4.32. The molecule has 0 fully saturated rings. The summed E-state index contributed by atoms with van der Waals surface area (Å²) in [5.74, 6) is -0.832. The van der Waals surface area contributed by atoms with Gasteiger partial charge >= 0.3 is 0 Å². The van der Waals surface area contributed by atoms with Crippen molar-refractivity contribution < 1.29 is 17.6 Å². The number of nitrogens with zero attached hydrogens (tertiary/aromatic N) is 1. The molecule has 3 aromatic rings. The van der Waals surface area contributed by atoms with E-state index in [4.69, 9.17) is 0 Å². The van der Waals surface area contributed by atoms with Gasteiger partial charge in [-0.25, -0.2) is 12.8 Å². The molecule has 0 spiro atoms. The predicted molar refractivity (Wildman–Crippen MR) is 110 cm³/mol. The summed E-state index contributed by atoms with van der Waals surface area (Å²) in [5, 5.41) is 2.77. The normalized spacial score (nSPS) is 12.2. The molecule has 1 N–H and O–H groups in total. The first kappa shape index (κ1) is 20.5. The molecule has 1 unspecified atom stereocenters. The van der Waals surface area contributed by atoms with E-state index in [0.717, 1.165) is 9.87 Å². The lowest BCUT2D eigenvalue weighted by atomic mass is 10.1. The molecule has 1 atom stereocenters. The van der Waals surface area contributed by atoms with Gasteiger partial charge in [-0.3, -0.25) is 9.10 Å². The van der Waals surface area contributed by atoms with E-state index in [9.17, 15) is 17.6 Å². The van der Waals surface area contributed by atoms with Gasteiger partial charge in [-0.05, 0) is 48.9 Å². The third kappa shape index (κ3) is 5.00. The van der Waals surface area contributed by atoms with Crippen LogP contribution in [-0.4, -0.2) is 20.9 Å². The highest BCUT2D eigenvalue weighted by Crippen LogP contribution is 2.23. The first-order valence-corrected chi connectivity index (χ1v) is 10.5. The summed E-state index contributed by atoms with van der Waals surface area (Å²) in [6, 6.07) is 21.8. The molecule has 150 valence electrons. The highest BCUT2D eigenvalue weighted by molar-refractivity contribution is 7.92. The van der Waals surface area contributed by atoms with Crippen LogP contribution < -0.4 is 9.62 Å². The van der Waals surface area contributed by atoms with Gasteiger partial charge in [-0.15, -0.1) is 0 Å². The topological polar surface area (TPSA) is 66.5 Å². The molecule has 0 radical (unpaired) electrons. The monoisotopic (exact) mass is 412 g/mol. The van der Waals surface area contributed by atoms with Crippen molar-refractivity contribution in [2.24, 2.45) is 0 Å². The Morgan fingerprint density at radius 1 is 0.931 bits per heavy atom. The van der Waals surface area contributed by atoms with Gasteiger partial charge in [0.15, 0.2) is 0 Å². The van der Waals surface area contributed by atoms with Crippen molar-refractivity contribution in [2.75, 3.05) is 10.8 Å². The third-order valence-corrected chi connectivity index (χ3v) is 6.20. The molecule has 1 amide bonds. The lowest BCUT2D eigenvalue weighted by Crippen LogP contribution is -2.41. The molecule has 0 aliphatic carbocycles. The standard InChI is InChI=1S/C22H21FN2O3S/c1-17(18-12-14-19(23)15-13-18)24-22(26)16-25(20-8-4-2-5-9-20)29(27,28)21-10-6-3-7-11-21/h2-15,17H,16H2,1H3,(H,24,26). The number of hydrogen-bond acceptors (Lipinski definition) is 3. The molecule has 3 aromatic carbocycles. The number of anilines is 1. The Morgan fingerprint density at radius 3 is 2.07 bits per heavy atom. The summed E-state index contributed by atoms with van der Waals surface area (Å²) in [7, 11) is -3.93. The number of carbonyl (C=O) groups excluding carboxylic acids is 1. The van der Waals surface area contributed by atoms with Gasteiger partial charge in [0.1, 0.15) is 12.4 Å². The number of halogens is 1. The Labute approximate surface area is 169 Å². The second-order valence-corrected chi connectivity index (χ2v) is 8.36. The number of nitrogens with one attached hydrogen (secondary N) is 1. The number of carbonyl (C=O) groups is 1. The lowest BCUT2D eigenvalue weighted by Gasteiger charge is -2.25. The van der Waals surface area contributed by atoms with E-state index >= 15 is 0 Å². The van der Waals surface area contributed by atoms with Crippen LogP contribution in [0, 0.1) is 5.82 Å². The second-order valence-electron chi connectivity index (χ2n) is 6.50. The number of benzene rings is 3. The van der Waals surface area contributed by atoms with E-state index in [0.29, 0.717) is 5.69 Å². The molecule has 5 nitrogen and oxygen atoms in total. The molecular weight excluding hydrogens is 391 g/mol. The number of amides is 1. The average Bonchev–Trinajstić information content (AvgIpc) is 2.73. The maximum atomic E-state index is 13.2. The third-order valence-electron chi connectivity index (χ3n) is 4.41. The fraction of sp³-hybridized carbons (Fsp3) is 0.136. The molecule has 0 aliphatic heterocycles. The van der Waals surface area contributed by atoms with Crippen molar-refractivity contribution in [2.45, 2.75) is 17.9 Å². The van der Waals surface area contributed by atoms with Crippen LogP contribution in [-0.2, 0) is 14.8 Å². The minimum atomic E-state index is -3.93. The Morgan fingerprint density at radius 2 is 1.48 bits per heavy atom. The zero-order valence-electron chi connectivity index (χ0n) is 15.8. The van der Waals surface area contributed by atoms with Gasteiger partial charge in [-0.2, -0.15) is 0 Å². The molecule has 0 aliphatic rings. The molecule has 0 saturated heterocycles. The van der Waals surface area contributed by atoms with Crippen molar-refractivity contribution in [3.63, 3.8) is 0 Å². The van der Waals surface area contributed by atoms with Gasteiger partial charge in [0.25, 0.3) is 10.0 Å². The zero-order valence-corrected chi connectivity index (χ0v) is 16.6. The van der Waals surface area contributed by atoms with Crippen LogP contribution >= 0.6 is 0 Å². The zero-order chi connectivity index (χ0) is 20.9. The van der Waals surface area contributed by atoms with Gasteiger partial charge in [0.05, 0.1) is 16.6 Å². The van der Waals surface area contributed by atoms with Gasteiger partial charge < -0.3 is 5.32 Å². The van der Waals surface area contributed by atoms with Crippen LogP contribution in [0.15, 0.2) is 89.8 Å². The van der Waals surface area contributed by atoms with Gasteiger partial charge in [0.2, 0.25) is 5.91 Å². The van der Waals surface area contributed by atoms with Gasteiger partial charge in [0, 0.05) is 0 Å². The van der Waals surface area contributed by atoms with Crippen LogP contribution in [0.5, 0.6) is 0 Å². The molecule has 0 saturated carbocycles. The van der Waals surface area contributed by atoms with Crippen LogP contribution in [0.3, 0.4) is 0 Å². The smallest absolute Gasteiger partial charge is 0.264 e. The lowest BCUT2D eigenvalue weighted by molar-refractivity contribution is -0.120. The summed E-state index contributed by atoms with van der Waals surface area (Å²) in [6.07, 6.45) is 0. The molecule has 0 aromatic heterocycles. The second kappa shape index (κ2) is 8.87. The highest BCUT2D eigenvalue weighted by atomic mass is 32.2. The first-order valence-electron chi connectivity index (χ1n) is 9.05. The minimum Gasteiger partial charge on any atom is -0.348 e. The van der Waals surface area contributed by atoms with E-state index in [1.54, 1.807) is 67.6 Å². The first-order chi connectivity index (χ1) is 13.9. The SMILES string of the molecule is CC(NC(=O)CN(c1ccccc1)S(=O)(=O)c1ccccc1)c1ccc(F)cc1. The van der Waals surface area contributed by atoms with Crippen LogP contribution in [0.25, 0.3) is 0 Å². The number of rotatable bonds is 7. The molecule has 0 bridgehead atoms. The molecule has 0 heterocycles. The maximum absolute atomic E-state index is 13.2. The number of sulfonamides is 1. The fourth-order valence-electron chi connectivity index (χ4n) is 2.88. The highest BCUT2D eigenvalue weighted by Gasteiger charge is 2.27.